The molecule has 0 fully saturated rings. The molecule has 1 aromatic carbocycles. The lowest BCUT2D eigenvalue weighted by Crippen LogP contribution is -2.16. The molecular formula is C23H24F6O. The van der Waals surface area contributed by atoms with E-state index in [9.17, 15) is 26.3 Å². The van der Waals surface area contributed by atoms with Crippen LogP contribution in [0.5, 0.6) is 0 Å². The molecule has 0 saturated carbocycles. The fourth-order valence-electron chi connectivity index (χ4n) is 3.04. The van der Waals surface area contributed by atoms with Crippen molar-refractivity contribution in [2.75, 3.05) is 0 Å². The quantitative estimate of drug-likeness (QED) is 0.316. The largest absolute Gasteiger partial charge is 0.456 e. The van der Waals surface area contributed by atoms with Crippen molar-refractivity contribution in [3.63, 3.8) is 0 Å². The van der Waals surface area contributed by atoms with E-state index in [1.165, 1.54) is 17.2 Å². The van der Waals surface area contributed by atoms with Crippen LogP contribution >= 0.6 is 0 Å². The van der Waals surface area contributed by atoms with E-state index in [2.05, 4.69) is 18.7 Å². The third-order valence-corrected chi connectivity index (χ3v) is 4.65. The fourth-order valence-corrected chi connectivity index (χ4v) is 3.04. The third-order valence-electron chi connectivity index (χ3n) is 4.65. The molecule has 2 aromatic rings. The molecule has 0 radical (unpaired) electrons. The summed E-state index contributed by atoms with van der Waals surface area (Å²) in [5, 5.41) is -0.0417. The van der Waals surface area contributed by atoms with Crippen LogP contribution in [0.1, 0.15) is 63.3 Å². The number of hydrogen-bond donors (Lipinski definition) is 0. The summed E-state index contributed by atoms with van der Waals surface area (Å²) in [4.78, 5) is 0. The van der Waals surface area contributed by atoms with Gasteiger partial charge < -0.3 is 4.42 Å². The van der Waals surface area contributed by atoms with Crippen LogP contribution < -0.4 is 0 Å². The molecule has 30 heavy (non-hydrogen) atoms. The van der Waals surface area contributed by atoms with E-state index in [1.807, 2.05) is 20.8 Å². The van der Waals surface area contributed by atoms with Crippen LogP contribution in [-0.2, 0) is 12.4 Å². The number of rotatable bonds is 7. The second-order valence-corrected chi connectivity index (χ2v) is 7.55. The molecule has 0 N–H and O–H groups in total. The first-order valence-electron chi connectivity index (χ1n) is 9.48. The van der Waals surface area contributed by atoms with Gasteiger partial charge in [-0.3, -0.25) is 0 Å². The fraction of sp³-hybridized carbons (Fsp3) is 0.391. The zero-order chi connectivity index (χ0) is 22.7. The van der Waals surface area contributed by atoms with Crippen LogP contribution in [0.2, 0.25) is 0 Å². The molecule has 0 saturated heterocycles. The summed E-state index contributed by atoms with van der Waals surface area (Å²) in [6.07, 6.45) is -3.07. The Labute approximate surface area is 171 Å². The maximum Gasteiger partial charge on any atom is 0.417 e. The average molecular weight is 430 g/mol. The van der Waals surface area contributed by atoms with Crippen LogP contribution in [0.25, 0.3) is 16.5 Å². The highest BCUT2D eigenvalue weighted by molar-refractivity contribution is 5.83. The van der Waals surface area contributed by atoms with Crippen molar-refractivity contribution in [3.05, 3.63) is 65.0 Å². The van der Waals surface area contributed by atoms with E-state index >= 15 is 0 Å². The van der Waals surface area contributed by atoms with E-state index in [0.29, 0.717) is 30.5 Å². The van der Waals surface area contributed by atoms with Gasteiger partial charge in [-0.2, -0.15) is 26.3 Å². The number of halogens is 6. The van der Waals surface area contributed by atoms with Gasteiger partial charge in [0.2, 0.25) is 0 Å². The van der Waals surface area contributed by atoms with Gasteiger partial charge in [0.15, 0.2) is 0 Å². The van der Waals surface area contributed by atoms with Crippen molar-refractivity contribution >= 4 is 16.5 Å². The van der Waals surface area contributed by atoms with Gasteiger partial charge in [0.05, 0.1) is 11.1 Å². The number of hydrogen-bond acceptors (Lipinski definition) is 1. The predicted octanol–water partition coefficient (Wildman–Crippen LogP) is 8.96. The summed E-state index contributed by atoms with van der Waals surface area (Å²) < 4.78 is 83.9. The van der Waals surface area contributed by atoms with Crippen LogP contribution in [0.4, 0.5) is 26.3 Å². The molecule has 0 aliphatic heterocycles. The van der Waals surface area contributed by atoms with Gasteiger partial charge in [-0.1, -0.05) is 29.9 Å². The summed E-state index contributed by atoms with van der Waals surface area (Å²) in [7, 11) is 0. The number of fused-ring (bicyclic) bond motifs is 1. The highest BCUT2D eigenvalue weighted by atomic mass is 19.4. The molecule has 0 unspecified atom stereocenters. The molecule has 0 amide bonds. The molecule has 1 aromatic heterocycles. The Morgan fingerprint density at radius 3 is 2.00 bits per heavy atom. The minimum absolute atomic E-state index is 0.0417. The minimum Gasteiger partial charge on any atom is -0.456 e. The van der Waals surface area contributed by atoms with Crippen LogP contribution in [0.3, 0.4) is 0 Å². The van der Waals surface area contributed by atoms with Crippen molar-refractivity contribution < 1.29 is 30.8 Å². The Morgan fingerprint density at radius 1 is 0.867 bits per heavy atom. The Hall–Kier alpha value is -2.44. The Kier molecular flexibility index (Phi) is 7.27. The van der Waals surface area contributed by atoms with Crippen LogP contribution in [0, 0.1) is 0 Å². The topological polar surface area (TPSA) is 13.1 Å². The van der Waals surface area contributed by atoms with Crippen LogP contribution in [-0.4, -0.2) is 0 Å². The SMILES string of the molecule is C=C(CC/C=C(\C)CCC=C(C)C)c1cc2cc(C(F)(F)F)c(C(F)(F)F)cc2o1. The molecule has 2 rings (SSSR count). The molecule has 0 aliphatic carbocycles. The van der Waals surface area contributed by atoms with Crippen molar-refractivity contribution in [1.29, 1.82) is 0 Å². The van der Waals surface area contributed by atoms with Gasteiger partial charge in [0, 0.05) is 5.39 Å². The maximum absolute atomic E-state index is 13.1. The number of allylic oxidation sites excluding steroid dienone is 5. The van der Waals surface area contributed by atoms with Crippen molar-refractivity contribution in [2.24, 2.45) is 0 Å². The van der Waals surface area contributed by atoms with E-state index in [-0.39, 0.29) is 16.7 Å². The summed E-state index contributed by atoms with van der Waals surface area (Å²) in [6, 6.07) is 2.19. The van der Waals surface area contributed by atoms with E-state index in [4.69, 9.17) is 4.42 Å². The van der Waals surface area contributed by atoms with Gasteiger partial charge in [0.25, 0.3) is 0 Å². The smallest absolute Gasteiger partial charge is 0.417 e. The molecule has 0 bridgehead atoms. The highest BCUT2D eigenvalue weighted by Gasteiger charge is 2.43. The second-order valence-electron chi connectivity index (χ2n) is 7.55. The van der Waals surface area contributed by atoms with Gasteiger partial charge >= 0.3 is 12.4 Å². The molecule has 0 aliphatic rings. The Bertz CT molecular complexity index is 915. The predicted molar refractivity (Wildman–Crippen MR) is 107 cm³/mol. The molecule has 164 valence electrons. The number of furan rings is 1. The normalized spacial score (nSPS) is 13.0. The molecular weight excluding hydrogens is 406 g/mol. The van der Waals surface area contributed by atoms with E-state index < -0.39 is 23.5 Å². The summed E-state index contributed by atoms with van der Waals surface area (Å²) in [6.45, 7) is 9.95. The lowest BCUT2D eigenvalue weighted by molar-refractivity contribution is -0.161. The Morgan fingerprint density at radius 2 is 1.43 bits per heavy atom. The molecule has 1 heterocycles. The lowest BCUT2D eigenvalue weighted by atomic mass is 10.0. The molecule has 1 nitrogen and oxygen atoms in total. The van der Waals surface area contributed by atoms with Crippen LogP contribution in [0.15, 0.2) is 52.5 Å². The first kappa shape index (κ1) is 23.8. The monoisotopic (exact) mass is 430 g/mol. The Balaban J connectivity index is 2.19. The average Bonchev–Trinajstić information content (AvgIpc) is 3.02. The van der Waals surface area contributed by atoms with Gasteiger partial charge in [-0.05, 0) is 70.2 Å². The first-order valence-corrected chi connectivity index (χ1v) is 9.48. The molecule has 0 atom stereocenters. The van der Waals surface area contributed by atoms with Crippen molar-refractivity contribution in [2.45, 2.75) is 58.8 Å². The summed E-state index contributed by atoms with van der Waals surface area (Å²) in [5.41, 5.74) is -0.765. The zero-order valence-electron chi connectivity index (χ0n) is 17.1. The third kappa shape index (κ3) is 6.28. The van der Waals surface area contributed by atoms with Crippen molar-refractivity contribution in [3.8, 4) is 0 Å². The lowest BCUT2D eigenvalue weighted by Gasteiger charge is -2.15. The number of benzene rings is 1. The molecule has 7 heteroatoms. The van der Waals surface area contributed by atoms with Gasteiger partial charge in [-0.25, -0.2) is 0 Å². The molecule has 0 spiro atoms. The second kappa shape index (κ2) is 9.14. The van der Waals surface area contributed by atoms with Gasteiger partial charge in [-0.15, -0.1) is 0 Å². The van der Waals surface area contributed by atoms with E-state index in [1.54, 1.807) is 0 Å². The zero-order valence-corrected chi connectivity index (χ0v) is 17.1. The van der Waals surface area contributed by atoms with Crippen molar-refractivity contribution in [1.82, 2.24) is 0 Å². The van der Waals surface area contributed by atoms with Gasteiger partial charge in [0.1, 0.15) is 11.3 Å². The first-order chi connectivity index (χ1) is 13.8. The maximum atomic E-state index is 13.1. The van der Waals surface area contributed by atoms with E-state index in [0.717, 1.165) is 12.8 Å². The number of alkyl halides is 6. The summed E-state index contributed by atoms with van der Waals surface area (Å²) >= 11 is 0. The summed E-state index contributed by atoms with van der Waals surface area (Å²) in [5.74, 6) is 0.188. The minimum atomic E-state index is -5.14. The highest BCUT2D eigenvalue weighted by Crippen LogP contribution is 2.43. The standard InChI is InChI=1S/C23H24F6O/c1-14(2)7-5-8-15(3)9-6-10-16(4)20-12-17-11-18(22(24,25)26)19(23(27,28)29)13-21(17)30-20/h7,9,11-13H,4-6,8,10H2,1-3H3/b15-9+.